The van der Waals surface area contributed by atoms with Crippen molar-refractivity contribution in [2.45, 2.75) is 37.5 Å². The molecule has 0 saturated carbocycles. The molecule has 168 valence electrons. The molecular formula is C22H28N2O6S. The molecule has 0 heterocycles. The van der Waals surface area contributed by atoms with Crippen LogP contribution in [0.3, 0.4) is 0 Å². The van der Waals surface area contributed by atoms with Gasteiger partial charge >= 0.3 is 5.97 Å². The summed E-state index contributed by atoms with van der Waals surface area (Å²) in [6, 6.07) is 12.3. The summed E-state index contributed by atoms with van der Waals surface area (Å²) in [5.41, 5.74) is 0.784. The molecule has 0 saturated heterocycles. The number of nitrogens with one attached hydrogen (secondary N) is 2. The summed E-state index contributed by atoms with van der Waals surface area (Å²) >= 11 is 0. The van der Waals surface area contributed by atoms with Gasteiger partial charge in [-0.2, -0.15) is 0 Å². The predicted octanol–water partition coefficient (Wildman–Crippen LogP) is 3.35. The van der Waals surface area contributed by atoms with Crippen LogP contribution in [-0.2, 0) is 19.6 Å². The molecule has 0 aliphatic carbocycles. The topological polar surface area (TPSA) is 111 Å². The zero-order chi connectivity index (χ0) is 22.7. The minimum absolute atomic E-state index is 0.0562. The Bertz CT molecular complexity index is 957. The van der Waals surface area contributed by atoms with E-state index < -0.39 is 10.0 Å². The first-order valence-electron chi connectivity index (χ1n) is 10.1. The summed E-state index contributed by atoms with van der Waals surface area (Å²) in [6.07, 6.45) is 2.60. The number of anilines is 1. The van der Waals surface area contributed by atoms with Crippen LogP contribution < -0.4 is 14.8 Å². The van der Waals surface area contributed by atoms with E-state index in [9.17, 15) is 18.0 Å². The molecule has 0 unspecified atom stereocenters. The first kappa shape index (κ1) is 24.2. The molecule has 0 atom stereocenters. The third kappa shape index (κ3) is 7.93. The second-order valence-electron chi connectivity index (χ2n) is 6.73. The standard InChI is InChI=1S/C22H28N2O6S/c1-3-30-19-12-10-18(11-13-19)24-31(27,28)20-14-8-17(9-15-20)22(26)23-16-6-4-5-7-21(25)29-2/h8-15,24H,3-7,16H2,1-2H3,(H,23,26). The number of benzene rings is 2. The fraction of sp³-hybridized carbons (Fsp3) is 0.364. The Balaban J connectivity index is 1.85. The van der Waals surface area contributed by atoms with Gasteiger partial charge in [-0.15, -0.1) is 0 Å². The Morgan fingerprint density at radius 3 is 2.23 bits per heavy atom. The number of rotatable bonds is 12. The van der Waals surface area contributed by atoms with E-state index in [4.69, 9.17) is 4.74 Å². The van der Waals surface area contributed by atoms with Crippen molar-refractivity contribution in [1.82, 2.24) is 5.32 Å². The highest BCUT2D eigenvalue weighted by molar-refractivity contribution is 7.92. The summed E-state index contributed by atoms with van der Waals surface area (Å²) in [5.74, 6) is 0.136. The van der Waals surface area contributed by atoms with Crippen LogP contribution in [0, 0.1) is 0 Å². The molecule has 2 rings (SSSR count). The highest BCUT2D eigenvalue weighted by Crippen LogP contribution is 2.20. The number of hydrogen-bond donors (Lipinski definition) is 2. The van der Waals surface area contributed by atoms with E-state index in [0.29, 0.717) is 43.0 Å². The molecule has 0 aromatic heterocycles. The molecule has 2 N–H and O–H groups in total. The average Bonchev–Trinajstić information content (AvgIpc) is 2.77. The van der Waals surface area contributed by atoms with Gasteiger partial charge in [0.25, 0.3) is 15.9 Å². The number of carbonyl (C=O) groups excluding carboxylic acids is 2. The van der Waals surface area contributed by atoms with Gasteiger partial charge in [0.1, 0.15) is 5.75 Å². The summed E-state index contributed by atoms with van der Waals surface area (Å²) in [7, 11) is -2.42. The van der Waals surface area contributed by atoms with Gasteiger partial charge in [-0.25, -0.2) is 8.42 Å². The van der Waals surface area contributed by atoms with Crippen molar-refractivity contribution >= 4 is 27.6 Å². The molecule has 0 aliphatic heterocycles. The molecule has 2 aromatic rings. The third-order valence-corrected chi connectivity index (χ3v) is 5.81. The zero-order valence-electron chi connectivity index (χ0n) is 17.7. The number of ether oxygens (including phenoxy) is 2. The number of methoxy groups -OCH3 is 1. The van der Waals surface area contributed by atoms with Gasteiger partial charge in [-0.3, -0.25) is 14.3 Å². The van der Waals surface area contributed by atoms with Gasteiger partial charge in [0.15, 0.2) is 0 Å². The Hall–Kier alpha value is -3.07. The first-order chi connectivity index (χ1) is 14.9. The number of hydrogen-bond acceptors (Lipinski definition) is 6. The van der Waals surface area contributed by atoms with Crippen LogP contribution in [0.5, 0.6) is 5.75 Å². The van der Waals surface area contributed by atoms with Gasteiger partial charge < -0.3 is 14.8 Å². The van der Waals surface area contributed by atoms with Crippen molar-refractivity contribution in [1.29, 1.82) is 0 Å². The van der Waals surface area contributed by atoms with Crippen LogP contribution in [0.1, 0.15) is 43.0 Å². The van der Waals surface area contributed by atoms with Crippen LogP contribution in [-0.4, -0.2) is 40.6 Å². The van der Waals surface area contributed by atoms with E-state index in [0.717, 1.165) is 12.8 Å². The Morgan fingerprint density at radius 1 is 0.935 bits per heavy atom. The number of sulfonamides is 1. The van der Waals surface area contributed by atoms with Crippen molar-refractivity contribution in [3.05, 3.63) is 54.1 Å². The summed E-state index contributed by atoms with van der Waals surface area (Å²) < 4.78 is 37.5. The monoisotopic (exact) mass is 448 g/mol. The van der Waals surface area contributed by atoms with Crippen molar-refractivity contribution < 1.29 is 27.5 Å². The molecule has 0 bridgehead atoms. The van der Waals surface area contributed by atoms with Gasteiger partial charge in [0.2, 0.25) is 0 Å². The van der Waals surface area contributed by atoms with Crippen LogP contribution in [0.2, 0.25) is 0 Å². The summed E-state index contributed by atoms with van der Waals surface area (Å²) in [5, 5.41) is 2.78. The number of unbranched alkanes of at least 4 members (excludes halogenated alkanes) is 2. The van der Waals surface area contributed by atoms with Gasteiger partial charge in [-0.05, 0) is 68.3 Å². The molecule has 2 aromatic carbocycles. The Labute approximate surface area is 183 Å². The predicted molar refractivity (Wildman–Crippen MR) is 118 cm³/mol. The lowest BCUT2D eigenvalue weighted by Gasteiger charge is -2.10. The Kier molecular flexibility index (Phi) is 9.33. The molecule has 0 radical (unpaired) electrons. The smallest absolute Gasteiger partial charge is 0.305 e. The summed E-state index contributed by atoms with van der Waals surface area (Å²) in [6.45, 7) is 2.87. The second-order valence-corrected chi connectivity index (χ2v) is 8.41. The lowest BCUT2D eigenvalue weighted by atomic mass is 10.2. The van der Waals surface area contributed by atoms with E-state index in [1.807, 2.05) is 6.92 Å². The zero-order valence-corrected chi connectivity index (χ0v) is 18.5. The van der Waals surface area contributed by atoms with Gasteiger partial charge in [0.05, 0.1) is 18.6 Å². The van der Waals surface area contributed by atoms with Gasteiger partial charge in [-0.1, -0.05) is 6.42 Å². The van der Waals surface area contributed by atoms with E-state index >= 15 is 0 Å². The normalized spacial score (nSPS) is 10.9. The van der Waals surface area contributed by atoms with Crippen LogP contribution in [0.15, 0.2) is 53.4 Å². The lowest BCUT2D eigenvalue weighted by Crippen LogP contribution is -2.24. The number of amides is 1. The molecular weight excluding hydrogens is 420 g/mol. The molecule has 1 amide bonds. The van der Waals surface area contributed by atoms with E-state index in [1.165, 1.54) is 31.4 Å². The minimum Gasteiger partial charge on any atom is -0.494 e. The largest absolute Gasteiger partial charge is 0.494 e. The van der Waals surface area contributed by atoms with Gasteiger partial charge in [0, 0.05) is 24.2 Å². The van der Waals surface area contributed by atoms with Crippen molar-refractivity contribution in [3.63, 3.8) is 0 Å². The molecule has 0 spiro atoms. The van der Waals surface area contributed by atoms with E-state index in [2.05, 4.69) is 14.8 Å². The number of carbonyl (C=O) groups is 2. The molecule has 8 nitrogen and oxygen atoms in total. The molecule has 31 heavy (non-hydrogen) atoms. The van der Waals surface area contributed by atoms with Crippen LogP contribution >= 0.6 is 0 Å². The fourth-order valence-electron chi connectivity index (χ4n) is 2.76. The van der Waals surface area contributed by atoms with Crippen molar-refractivity contribution in [2.75, 3.05) is 25.0 Å². The van der Waals surface area contributed by atoms with E-state index in [1.54, 1.807) is 24.3 Å². The van der Waals surface area contributed by atoms with Crippen molar-refractivity contribution in [2.24, 2.45) is 0 Å². The maximum Gasteiger partial charge on any atom is 0.305 e. The molecule has 0 aliphatic rings. The highest BCUT2D eigenvalue weighted by Gasteiger charge is 2.15. The molecule has 0 fully saturated rings. The maximum absolute atomic E-state index is 12.6. The second kappa shape index (κ2) is 11.9. The van der Waals surface area contributed by atoms with Crippen LogP contribution in [0.4, 0.5) is 5.69 Å². The fourth-order valence-corrected chi connectivity index (χ4v) is 3.82. The minimum atomic E-state index is -3.78. The third-order valence-electron chi connectivity index (χ3n) is 4.42. The van der Waals surface area contributed by atoms with Crippen molar-refractivity contribution in [3.8, 4) is 5.75 Å². The highest BCUT2D eigenvalue weighted by atomic mass is 32.2. The first-order valence-corrected chi connectivity index (χ1v) is 11.5. The average molecular weight is 449 g/mol. The SMILES string of the molecule is CCOc1ccc(NS(=O)(=O)c2ccc(C(=O)NCCCCCC(=O)OC)cc2)cc1. The lowest BCUT2D eigenvalue weighted by molar-refractivity contribution is -0.140. The Morgan fingerprint density at radius 2 is 1.61 bits per heavy atom. The molecule has 9 heteroatoms. The van der Waals surface area contributed by atoms with Crippen LogP contribution in [0.25, 0.3) is 0 Å². The summed E-state index contributed by atoms with van der Waals surface area (Å²) in [4.78, 5) is 23.3. The maximum atomic E-state index is 12.6. The number of esters is 1. The quantitative estimate of drug-likeness (QED) is 0.381. The van der Waals surface area contributed by atoms with E-state index in [-0.39, 0.29) is 16.8 Å².